The predicted octanol–water partition coefficient (Wildman–Crippen LogP) is 1.58. The zero-order valence-corrected chi connectivity index (χ0v) is 9.29. The first kappa shape index (κ1) is 12.2. The number of thiophene rings is 1. The summed E-state index contributed by atoms with van der Waals surface area (Å²) in [5.41, 5.74) is 0. The SMILES string of the molecule is Cc1ccc(C(OCCCO)C(=O)O)s1. The van der Waals surface area contributed by atoms with Crippen molar-refractivity contribution in [2.75, 3.05) is 13.2 Å². The summed E-state index contributed by atoms with van der Waals surface area (Å²) in [7, 11) is 0. The summed E-state index contributed by atoms with van der Waals surface area (Å²) in [6.45, 7) is 2.18. The van der Waals surface area contributed by atoms with Gasteiger partial charge in [0.2, 0.25) is 0 Å². The summed E-state index contributed by atoms with van der Waals surface area (Å²) in [5.74, 6) is -0.991. The van der Waals surface area contributed by atoms with Crippen molar-refractivity contribution in [3.8, 4) is 0 Å². The monoisotopic (exact) mass is 230 g/mol. The van der Waals surface area contributed by atoms with E-state index in [0.717, 1.165) is 4.88 Å². The van der Waals surface area contributed by atoms with Crippen LogP contribution < -0.4 is 0 Å². The zero-order chi connectivity index (χ0) is 11.3. The zero-order valence-electron chi connectivity index (χ0n) is 8.47. The van der Waals surface area contributed by atoms with Crippen molar-refractivity contribution in [1.82, 2.24) is 0 Å². The van der Waals surface area contributed by atoms with E-state index in [1.54, 1.807) is 6.07 Å². The molecule has 0 radical (unpaired) electrons. The van der Waals surface area contributed by atoms with Crippen LogP contribution in [0, 0.1) is 6.92 Å². The number of hydrogen-bond donors (Lipinski definition) is 2. The minimum Gasteiger partial charge on any atom is -0.479 e. The molecule has 1 unspecified atom stereocenters. The van der Waals surface area contributed by atoms with Crippen molar-refractivity contribution in [2.45, 2.75) is 19.4 Å². The molecule has 1 rings (SSSR count). The van der Waals surface area contributed by atoms with Crippen LogP contribution in [0.25, 0.3) is 0 Å². The number of aliphatic hydroxyl groups excluding tert-OH is 1. The Morgan fingerprint density at radius 3 is 2.80 bits per heavy atom. The molecule has 0 aliphatic heterocycles. The molecule has 0 bridgehead atoms. The fraction of sp³-hybridized carbons (Fsp3) is 0.500. The Morgan fingerprint density at radius 2 is 2.33 bits per heavy atom. The molecule has 0 amide bonds. The molecule has 4 nitrogen and oxygen atoms in total. The van der Waals surface area contributed by atoms with Gasteiger partial charge in [-0.2, -0.15) is 0 Å². The van der Waals surface area contributed by atoms with E-state index in [4.69, 9.17) is 14.9 Å². The topological polar surface area (TPSA) is 66.8 Å². The maximum absolute atomic E-state index is 10.9. The van der Waals surface area contributed by atoms with Gasteiger partial charge >= 0.3 is 5.97 Å². The van der Waals surface area contributed by atoms with Crippen molar-refractivity contribution < 1.29 is 19.7 Å². The lowest BCUT2D eigenvalue weighted by Crippen LogP contribution is -2.15. The molecule has 2 N–H and O–H groups in total. The van der Waals surface area contributed by atoms with Gasteiger partial charge in [0.1, 0.15) is 0 Å². The number of aliphatic carboxylic acids is 1. The van der Waals surface area contributed by atoms with Gasteiger partial charge in [0.15, 0.2) is 6.10 Å². The lowest BCUT2D eigenvalue weighted by molar-refractivity contribution is -0.150. The largest absolute Gasteiger partial charge is 0.479 e. The highest BCUT2D eigenvalue weighted by Crippen LogP contribution is 2.25. The number of aryl methyl sites for hydroxylation is 1. The molecule has 0 spiro atoms. The van der Waals surface area contributed by atoms with E-state index >= 15 is 0 Å². The van der Waals surface area contributed by atoms with Gasteiger partial charge in [0.25, 0.3) is 0 Å². The first-order valence-corrected chi connectivity index (χ1v) is 5.48. The molecule has 0 aromatic carbocycles. The normalized spacial score (nSPS) is 12.7. The number of aliphatic hydroxyl groups is 1. The van der Waals surface area contributed by atoms with Crippen molar-refractivity contribution in [3.63, 3.8) is 0 Å². The maximum Gasteiger partial charge on any atom is 0.338 e. The molecule has 1 aromatic rings. The van der Waals surface area contributed by atoms with E-state index < -0.39 is 12.1 Å². The predicted molar refractivity (Wildman–Crippen MR) is 57.1 cm³/mol. The van der Waals surface area contributed by atoms with Gasteiger partial charge in [-0.25, -0.2) is 4.79 Å². The quantitative estimate of drug-likeness (QED) is 0.728. The Kier molecular flexibility index (Phi) is 4.74. The number of carboxylic acids is 1. The fourth-order valence-corrected chi connectivity index (χ4v) is 2.06. The second kappa shape index (κ2) is 5.85. The molecule has 5 heteroatoms. The smallest absolute Gasteiger partial charge is 0.338 e. The lowest BCUT2D eigenvalue weighted by atomic mass is 10.3. The molecule has 84 valence electrons. The second-order valence-electron chi connectivity index (χ2n) is 3.11. The Morgan fingerprint density at radius 1 is 1.60 bits per heavy atom. The van der Waals surface area contributed by atoms with Gasteiger partial charge in [-0.1, -0.05) is 0 Å². The summed E-state index contributed by atoms with van der Waals surface area (Å²) in [6, 6.07) is 3.63. The molecule has 0 saturated carbocycles. The number of ether oxygens (including phenoxy) is 1. The summed E-state index contributed by atoms with van der Waals surface area (Å²) >= 11 is 1.41. The number of carbonyl (C=O) groups is 1. The maximum atomic E-state index is 10.9. The minimum atomic E-state index is -0.991. The van der Waals surface area contributed by atoms with E-state index in [9.17, 15) is 4.79 Å². The van der Waals surface area contributed by atoms with E-state index in [1.807, 2.05) is 13.0 Å². The summed E-state index contributed by atoms with van der Waals surface area (Å²) in [4.78, 5) is 12.7. The lowest BCUT2D eigenvalue weighted by Gasteiger charge is -2.11. The third-order valence-corrected chi connectivity index (χ3v) is 2.87. The average Bonchev–Trinajstić information content (AvgIpc) is 2.59. The van der Waals surface area contributed by atoms with Crippen LogP contribution in [0.3, 0.4) is 0 Å². The van der Waals surface area contributed by atoms with E-state index in [-0.39, 0.29) is 13.2 Å². The molecular weight excluding hydrogens is 216 g/mol. The highest BCUT2D eigenvalue weighted by atomic mass is 32.1. The average molecular weight is 230 g/mol. The van der Waals surface area contributed by atoms with Gasteiger partial charge < -0.3 is 14.9 Å². The molecule has 1 atom stereocenters. The Balaban J connectivity index is 2.62. The number of carboxylic acid groups (broad SMARTS) is 1. The van der Waals surface area contributed by atoms with Crippen molar-refractivity contribution >= 4 is 17.3 Å². The standard InChI is InChI=1S/C10H14O4S/c1-7-3-4-8(15-7)9(10(12)13)14-6-2-5-11/h3-4,9,11H,2,5-6H2,1H3,(H,12,13). The van der Waals surface area contributed by atoms with Crippen LogP contribution in [-0.2, 0) is 9.53 Å². The van der Waals surface area contributed by atoms with E-state index in [2.05, 4.69) is 0 Å². The number of hydrogen-bond acceptors (Lipinski definition) is 4. The van der Waals surface area contributed by atoms with Gasteiger partial charge in [0.05, 0.1) is 6.61 Å². The molecular formula is C10H14O4S. The van der Waals surface area contributed by atoms with Crippen LogP contribution in [0.5, 0.6) is 0 Å². The number of rotatable bonds is 6. The summed E-state index contributed by atoms with van der Waals surface area (Å²) in [6.07, 6.45) is -0.455. The minimum absolute atomic E-state index is 0.00973. The third kappa shape index (κ3) is 3.62. The first-order chi connectivity index (χ1) is 7.15. The fourth-order valence-electron chi connectivity index (χ4n) is 1.14. The highest BCUT2D eigenvalue weighted by Gasteiger charge is 2.21. The Labute approximate surface area is 92.1 Å². The molecule has 0 aliphatic carbocycles. The molecule has 1 aromatic heterocycles. The van der Waals surface area contributed by atoms with E-state index in [0.29, 0.717) is 11.3 Å². The summed E-state index contributed by atoms with van der Waals surface area (Å²) < 4.78 is 5.19. The van der Waals surface area contributed by atoms with Crippen LogP contribution in [0.2, 0.25) is 0 Å². The van der Waals surface area contributed by atoms with Gasteiger partial charge in [0, 0.05) is 16.4 Å². The van der Waals surface area contributed by atoms with Gasteiger partial charge in [-0.3, -0.25) is 0 Å². The molecule has 0 aliphatic rings. The van der Waals surface area contributed by atoms with Crippen LogP contribution in [0.15, 0.2) is 12.1 Å². The molecule has 15 heavy (non-hydrogen) atoms. The van der Waals surface area contributed by atoms with Crippen LogP contribution in [0.4, 0.5) is 0 Å². The Bertz CT molecular complexity index is 321. The van der Waals surface area contributed by atoms with Crippen molar-refractivity contribution in [3.05, 3.63) is 21.9 Å². The first-order valence-electron chi connectivity index (χ1n) is 4.66. The highest BCUT2D eigenvalue weighted by molar-refractivity contribution is 7.12. The van der Waals surface area contributed by atoms with Crippen LogP contribution in [0.1, 0.15) is 22.3 Å². The Hall–Kier alpha value is -0.910. The molecule has 0 fully saturated rings. The van der Waals surface area contributed by atoms with Gasteiger partial charge in [-0.15, -0.1) is 11.3 Å². The third-order valence-electron chi connectivity index (χ3n) is 1.83. The van der Waals surface area contributed by atoms with Crippen molar-refractivity contribution in [1.29, 1.82) is 0 Å². The second-order valence-corrected chi connectivity index (χ2v) is 4.43. The van der Waals surface area contributed by atoms with E-state index in [1.165, 1.54) is 11.3 Å². The van der Waals surface area contributed by atoms with Crippen LogP contribution >= 0.6 is 11.3 Å². The molecule has 1 heterocycles. The van der Waals surface area contributed by atoms with Crippen LogP contribution in [-0.4, -0.2) is 29.4 Å². The molecule has 0 saturated heterocycles. The van der Waals surface area contributed by atoms with Crippen molar-refractivity contribution in [2.24, 2.45) is 0 Å². The summed E-state index contributed by atoms with van der Waals surface area (Å²) in [5, 5.41) is 17.5. The van der Waals surface area contributed by atoms with Gasteiger partial charge in [-0.05, 0) is 25.5 Å².